The number of hydrogen-bond acceptors (Lipinski definition) is 8. The summed E-state index contributed by atoms with van der Waals surface area (Å²) in [7, 11) is 0. The zero-order valence-electron chi connectivity index (χ0n) is 31.4. The number of thiophene rings is 1. The summed E-state index contributed by atoms with van der Waals surface area (Å²) in [6, 6.07) is 23.1. The molecule has 3 saturated heterocycles. The maximum atomic E-state index is 12.3. The number of carboxylic acids is 3. The molecule has 0 saturated carbocycles. The van der Waals surface area contributed by atoms with Crippen molar-refractivity contribution in [1.29, 1.82) is 0 Å². The highest BCUT2D eigenvalue weighted by atomic mass is 32.1. The highest BCUT2D eigenvalue weighted by Gasteiger charge is 2.33. The zero-order chi connectivity index (χ0) is 38.3. The number of carboxylic acid groups (broad SMARTS) is 3. The van der Waals surface area contributed by atoms with Crippen LogP contribution in [0, 0.1) is 35.5 Å². The lowest BCUT2D eigenvalue weighted by molar-refractivity contribution is -0.144. The molecule has 6 atom stereocenters. The van der Waals surface area contributed by atoms with Crippen LogP contribution in [-0.4, -0.2) is 77.4 Å². The van der Waals surface area contributed by atoms with E-state index in [0.29, 0.717) is 38.9 Å². The molecule has 7 rings (SSSR count). The van der Waals surface area contributed by atoms with Gasteiger partial charge in [0.2, 0.25) is 0 Å². The fraction of sp³-hybridized carbons (Fsp3) is 0.477. The lowest BCUT2D eigenvalue weighted by atomic mass is 9.86. The van der Waals surface area contributed by atoms with E-state index in [2.05, 4.69) is 68.7 Å². The Bertz CT molecular complexity index is 1870. The maximum Gasteiger partial charge on any atom is 0.307 e. The van der Waals surface area contributed by atoms with Crippen molar-refractivity contribution in [3.05, 3.63) is 105 Å². The Balaban J connectivity index is 1.15. The Morgan fingerprint density at radius 3 is 1.45 bits per heavy atom. The Labute approximate surface area is 327 Å². The van der Waals surface area contributed by atoms with Crippen LogP contribution < -0.4 is 16.0 Å². The molecule has 11 heteroatoms. The molecule has 0 amide bonds. The van der Waals surface area contributed by atoms with Crippen LogP contribution in [0.3, 0.4) is 0 Å². The van der Waals surface area contributed by atoms with Crippen molar-refractivity contribution in [3.63, 3.8) is 0 Å². The van der Waals surface area contributed by atoms with Gasteiger partial charge in [-0.15, -0.1) is 11.3 Å². The molecule has 6 N–H and O–H groups in total. The number of nitrogens with one attached hydrogen (secondary N) is 3. The largest absolute Gasteiger partial charge is 0.481 e. The van der Waals surface area contributed by atoms with Crippen molar-refractivity contribution in [2.75, 3.05) is 39.3 Å². The topological polar surface area (TPSA) is 151 Å². The van der Waals surface area contributed by atoms with E-state index in [1.54, 1.807) is 11.3 Å². The van der Waals surface area contributed by atoms with E-state index in [0.717, 1.165) is 91.7 Å². The van der Waals surface area contributed by atoms with Gasteiger partial charge >= 0.3 is 17.9 Å². The molecule has 0 aliphatic carbocycles. The van der Waals surface area contributed by atoms with Gasteiger partial charge in [-0.25, -0.2) is 0 Å². The molecule has 3 aliphatic heterocycles. The van der Waals surface area contributed by atoms with Gasteiger partial charge in [0.15, 0.2) is 0 Å². The zero-order valence-corrected chi connectivity index (χ0v) is 32.2. The van der Waals surface area contributed by atoms with Gasteiger partial charge in [-0.1, -0.05) is 54.6 Å². The van der Waals surface area contributed by atoms with Gasteiger partial charge in [-0.05, 0) is 152 Å². The molecule has 10 nitrogen and oxygen atoms in total. The average Bonchev–Trinajstić information content (AvgIpc) is 4.01. The molecule has 6 unspecified atom stereocenters. The van der Waals surface area contributed by atoms with E-state index in [9.17, 15) is 29.7 Å². The van der Waals surface area contributed by atoms with Crippen LogP contribution in [0.5, 0.6) is 0 Å². The Kier molecular flexibility index (Phi) is 13.0. The highest BCUT2D eigenvalue weighted by molar-refractivity contribution is 7.17. The fourth-order valence-electron chi connectivity index (χ4n) is 9.20. The quantitative estimate of drug-likeness (QED) is 0.0749. The molecule has 3 aliphatic rings. The highest BCUT2D eigenvalue weighted by Crippen LogP contribution is 2.32. The average molecular weight is 767 g/mol. The molecule has 0 spiro atoms. The second-order valence-electron chi connectivity index (χ2n) is 16.1. The van der Waals surface area contributed by atoms with Crippen molar-refractivity contribution in [1.82, 2.24) is 20.9 Å². The molecule has 3 fully saturated rings. The molecule has 0 bridgehead atoms. The second-order valence-corrected chi connectivity index (χ2v) is 17.0. The van der Waals surface area contributed by atoms with Gasteiger partial charge in [0.1, 0.15) is 0 Å². The van der Waals surface area contributed by atoms with Crippen LogP contribution in [0.1, 0.15) is 52.6 Å². The molecule has 1 aromatic heterocycles. The minimum absolute atomic E-state index is 0.118. The number of nitrogens with zero attached hydrogens (tertiary/aromatic N) is 1. The monoisotopic (exact) mass is 766 g/mol. The number of hydrogen-bond donors (Lipinski definition) is 6. The Morgan fingerprint density at radius 2 is 1.04 bits per heavy atom. The van der Waals surface area contributed by atoms with E-state index in [-0.39, 0.29) is 17.8 Å². The van der Waals surface area contributed by atoms with Gasteiger partial charge < -0.3 is 31.3 Å². The summed E-state index contributed by atoms with van der Waals surface area (Å²) in [6.45, 7) is 6.72. The summed E-state index contributed by atoms with van der Waals surface area (Å²) in [4.78, 5) is 39.4. The number of aliphatic carboxylic acids is 3. The lowest BCUT2D eigenvalue weighted by Crippen LogP contribution is -2.27. The van der Waals surface area contributed by atoms with Crippen molar-refractivity contribution in [2.45, 2.75) is 58.2 Å². The van der Waals surface area contributed by atoms with Gasteiger partial charge in [0.25, 0.3) is 0 Å². The van der Waals surface area contributed by atoms with Crippen molar-refractivity contribution in [3.8, 4) is 0 Å². The maximum absolute atomic E-state index is 12.3. The third kappa shape index (κ3) is 10.0. The first-order valence-electron chi connectivity index (χ1n) is 19.9. The molecule has 0 radical (unpaired) electrons. The summed E-state index contributed by atoms with van der Waals surface area (Å²) < 4.78 is 1.17. The molecular weight excluding hydrogens is 713 g/mol. The molecule has 4 heterocycles. The number of fused-ring (bicyclic) bond motifs is 1. The van der Waals surface area contributed by atoms with Crippen LogP contribution >= 0.6 is 11.3 Å². The third-order valence-electron chi connectivity index (χ3n) is 12.2. The van der Waals surface area contributed by atoms with E-state index < -0.39 is 35.7 Å². The lowest BCUT2D eigenvalue weighted by Gasteiger charge is -2.24. The van der Waals surface area contributed by atoms with Crippen LogP contribution in [0.25, 0.3) is 10.1 Å². The van der Waals surface area contributed by atoms with Crippen LogP contribution in [0.2, 0.25) is 0 Å². The number of rotatable bonds is 18. The molecule has 3 aromatic carbocycles. The van der Waals surface area contributed by atoms with Gasteiger partial charge in [-0.2, -0.15) is 0 Å². The third-order valence-corrected chi connectivity index (χ3v) is 13.2. The molecule has 4 aromatic rings. The first-order valence-corrected chi connectivity index (χ1v) is 20.8. The second kappa shape index (κ2) is 18.2. The van der Waals surface area contributed by atoms with E-state index in [4.69, 9.17) is 0 Å². The normalized spacial score (nSPS) is 21.6. The standard InChI is InChI=1S/C44H54N4O6S/c49-42(50)38(33-9-12-45-21-33)18-28-3-1-5-31(15-28)24-48(25-32-6-2-4-29(16-32)19-39(43(51)52)34-10-13-46-22-34)26-36-27-55-41-8-7-30(17-37(36)41)20-40(44(53)54)35-11-14-47-23-35/h1-8,15-17,27,33-35,38-40,45-47H,9-14,18-26H2,(H,49,50)(H,51,52)(H,53,54). The minimum Gasteiger partial charge on any atom is -0.481 e. The number of carbonyl (C=O) groups is 3. The van der Waals surface area contributed by atoms with Gasteiger partial charge in [0.05, 0.1) is 17.8 Å². The SMILES string of the molecule is O=C(O)C(Cc1cccc(CN(Cc2cccc(CC(C(=O)O)C3CCNC3)c2)Cc2csc3ccc(CC(C(=O)O)C4CCNC4)cc23)c1)C1CCNC1. The van der Waals surface area contributed by atoms with E-state index >= 15 is 0 Å². The molecule has 292 valence electrons. The van der Waals surface area contributed by atoms with Crippen molar-refractivity contribution >= 4 is 39.3 Å². The summed E-state index contributed by atoms with van der Waals surface area (Å²) in [5.74, 6) is -3.16. The van der Waals surface area contributed by atoms with Crippen LogP contribution in [0.4, 0.5) is 0 Å². The van der Waals surface area contributed by atoms with Crippen molar-refractivity contribution < 1.29 is 29.7 Å². The summed E-state index contributed by atoms with van der Waals surface area (Å²) in [6.07, 6.45) is 4.11. The Hall–Kier alpha value is -4.13. The van der Waals surface area contributed by atoms with Crippen LogP contribution in [0.15, 0.2) is 72.1 Å². The Morgan fingerprint density at radius 1 is 0.600 bits per heavy atom. The summed E-state index contributed by atoms with van der Waals surface area (Å²) in [5, 5.41) is 43.7. The predicted octanol–water partition coefficient (Wildman–Crippen LogP) is 5.66. The van der Waals surface area contributed by atoms with E-state index in [1.807, 2.05) is 24.3 Å². The smallest absolute Gasteiger partial charge is 0.307 e. The first kappa shape index (κ1) is 39.1. The van der Waals surface area contributed by atoms with Gasteiger partial charge in [-0.3, -0.25) is 19.3 Å². The molecular formula is C44H54N4O6S. The predicted molar refractivity (Wildman–Crippen MR) is 215 cm³/mol. The fourth-order valence-corrected chi connectivity index (χ4v) is 10.1. The summed E-state index contributed by atoms with van der Waals surface area (Å²) in [5.41, 5.74) is 6.48. The summed E-state index contributed by atoms with van der Waals surface area (Å²) >= 11 is 1.70. The molecule has 55 heavy (non-hydrogen) atoms. The van der Waals surface area contributed by atoms with Crippen molar-refractivity contribution in [2.24, 2.45) is 35.5 Å². The first-order chi connectivity index (χ1) is 26.7. The van der Waals surface area contributed by atoms with E-state index in [1.165, 1.54) is 10.3 Å². The minimum atomic E-state index is -0.742. The van der Waals surface area contributed by atoms with Crippen LogP contribution in [-0.2, 0) is 53.3 Å². The van der Waals surface area contributed by atoms with Gasteiger partial charge in [0, 0.05) is 24.3 Å². The number of benzene rings is 3.